The molecule has 0 heterocycles. The molecule has 0 fully saturated rings. The Morgan fingerprint density at radius 2 is 1.69 bits per heavy atom. The molecule has 1 aromatic rings. The zero-order valence-electron chi connectivity index (χ0n) is 16.8. The van der Waals surface area contributed by atoms with E-state index >= 15 is 0 Å². The summed E-state index contributed by atoms with van der Waals surface area (Å²) in [5.41, 5.74) is 0.907. The fourth-order valence-corrected chi connectivity index (χ4v) is 2.71. The van der Waals surface area contributed by atoms with E-state index in [1.54, 1.807) is 21.3 Å². The van der Waals surface area contributed by atoms with Crippen molar-refractivity contribution in [3.05, 3.63) is 18.2 Å². The molecule has 150 valence electrons. The molecule has 0 saturated carbocycles. The highest BCUT2D eigenvalue weighted by Crippen LogP contribution is 2.29. The number of hydrogen-bond acceptors (Lipinski definition) is 4. The minimum Gasteiger partial charge on any atom is -0.493 e. The number of anilines is 1. The number of methoxy groups -OCH3 is 2. The Morgan fingerprint density at radius 1 is 1.04 bits per heavy atom. The molecule has 0 saturated heterocycles. The number of benzene rings is 1. The highest BCUT2D eigenvalue weighted by molar-refractivity contribution is 14.0. The summed E-state index contributed by atoms with van der Waals surface area (Å²) in [5.74, 6) is 2.16. The van der Waals surface area contributed by atoms with Gasteiger partial charge in [-0.25, -0.2) is 0 Å². The van der Waals surface area contributed by atoms with Crippen LogP contribution in [0.25, 0.3) is 0 Å². The largest absolute Gasteiger partial charge is 0.493 e. The lowest BCUT2D eigenvalue weighted by Gasteiger charge is -2.21. The van der Waals surface area contributed by atoms with Gasteiger partial charge in [-0.05, 0) is 51.0 Å². The molecule has 6 nitrogen and oxygen atoms in total. The number of rotatable bonds is 11. The molecular weight excluding hydrogens is 443 g/mol. The first-order valence-corrected chi connectivity index (χ1v) is 9.10. The lowest BCUT2D eigenvalue weighted by Crippen LogP contribution is -2.34. The SMILES string of the molecule is CCCN(CCC)CCCNC(=NC)Nc1ccc(OC)c(OC)c1.I. The van der Waals surface area contributed by atoms with Crippen LogP contribution in [0.4, 0.5) is 5.69 Å². The van der Waals surface area contributed by atoms with E-state index in [1.807, 2.05) is 18.2 Å². The second kappa shape index (κ2) is 14.9. The van der Waals surface area contributed by atoms with Gasteiger partial charge in [0.15, 0.2) is 17.5 Å². The molecule has 0 aliphatic carbocycles. The van der Waals surface area contributed by atoms with Crippen LogP contribution in [-0.2, 0) is 0 Å². The molecular formula is C19H35IN4O2. The number of ether oxygens (including phenoxy) is 2. The fraction of sp³-hybridized carbons (Fsp3) is 0.632. The molecule has 0 aliphatic rings. The second-order valence-electron chi connectivity index (χ2n) is 5.89. The maximum atomic E-state index is 5.33. The first-order chi connectivity index (χ1) is 12.2. The quantitative estimate of drug-likeness (QED) is 0.219. The van der Waals surface area contributed by atoms with Crippen molar-refractivity contribution in [2.45, 2.75) is 33.1 Å². The van der Waals surface area contributed by atoms with Crippen molar-refractivity contribution in [1.82, 2.24) is 10.2 Å². The van der Waals surface area contributed by atoms with Gasteiger partial charge in [0, 0.05) is 25.3 Å². The molecule has 0 atom stereocenters. The van der Waals surface area contributed by atoms with E-state index in [1.165, 1.54) is 25.9 Å². The molecule has 2 N–H and O–H groups in total. The lowest BCUT2D eigenvalue weighted by atomic mass is 10.2. The van der Waals surface area contributed by atoms with Crippen LogP contribution in [-0.4, -0.2) is 58.3 Å². The van der Waals surface area contributed by atoms with Crippen molar-refractivity contribution >= 4 is 35.6 Å². The van der Waals surface area contributed by atoms with Gasteiger partial charge in [-0.3, -0.25) is 4.99 Å². The summed E-state index contributed by atoms with van der Waals surface area (Å²) in [4.78, 5) is 6.80. The number of guanidine groups is 1. The summed E-state index contributed by atoms with van der Waals surface area (Å²) in [6.45, 7) is 8.81. The highest BCUT2D eigenvalue weighted by Gasteiger charge is 2.06. The first-order valence-electron chi connectivity index (χ1n) is 9.10. The lowest BCUT2D eigenvalue weighted by molar-refractivity contribution is 0.272. The van der Waals surface area contributed by atoms with Crippen LogP contribution in [0.3, 0.4) is 0 Å². The molecule has 26 heavy (non-hydrogen) atoms. The van der Waals surface area contributed by atoms with Crippen LogP contribution in [0.15, 0.2) is 23.2 Å². The molecule has 0 aliphatic heterocycles. The van der Waals surface area contributed by atoms with E-state index in [4.69, 9.17) is 9.47 Å². The van der Waals surface area contributed by atoms with Crippen molar-refractivity contribution < 1.29 is 9.47 Å². The summed E-state index contributed by atoms with van der Waals surface area (Å²) in [7, 11) is 5.04. The van der Waals surface area contributed by atoms with E-state index in [2.05, 4.69) is 34.4 Å². The van der Waals surface area contributed by atoms with Gasteiger partial charge in [-0.2, -0.15) is 0 Å². The summed E-state index contributed by atoms with van der Waals surface area (Å²) in [6, 6.07) is 5.72. The van der Waals surface area contributed by atoms with E-state index in [0.717, 1.165) is 31.2 Å². The summed E-state index contributed by atoms with van der Waals surface area (Å²) in [5, 5.41) is 6.65. The van der Waals surface area contributed by atoms with Crippen LogP contribution in [0, 0.1) is 0 Å². The van der Waals surface area contributed by atoms with E-state index in [0.29, 0.717) is 11.5 Å². The third-order valence-electron chi connectivity index (χ3n) is 3.89. The number of aliphatic imine (C=N–C) groups is 1. The van der Waals surface area contributed by atoms with Crippen molar-refractivity contribution in [3.63, 3.8) is 0 Å². The van der Waals surface area contributed by atoms with Crippen LogP contribution >= 0.6 is 24.0 Å². The molecule has 0 spiro atoms. The van der Waals surface area contributed by atoms with Gasteiger partial charge >= 0.3 is 0 Å². The Morgan fingerprint density at radius 3 is 2.23 bits per heavy atom. The predicted molar refractivity (Wildman–Crippen MR) is 122 cm³/mol. The molecule has 7 heteroatoms. The summed E-state index contributed by atoms with van der Waals surface area (Å²) >= 11 is 0. The van der Waals surface area contributed by atoms with Gasteiger partial charge in [-0.15, -0.1) is 24.0 Å². The Hall–Kier alpha value is -1.22. The predicted octanol–water partition coefficient (Wildman–Crippen LogP) is 3.82. The molecule has 0 bridgehead atoms. The maximum absolute atomic E-state index is 5.33. The maximum Gasteiger partial charge on any atom is 0.195 e. The van der Waals surface area contributed by atoms with Crippen molar-refractivity contribution in [2.24, 2.45) is 4.99 Å². The Kier molecular flexibility index (Phi) is 14.2. The Labute approximate surface area is 175 Å². The smallest absolute Gasteiger partial charge is 0.195 e. The Balaban J connectivity index is 0.00000625. The molecule has 1 aromatic carbocycles. The fourth-order valence-electron chi connectivity index (χ4n) is 2.71. The van der Waals surface area contributed by atoms with Crippen molar-refractivity contribution in [2.75, 3.05) is 52.8 Å². The minimum atomic E-state index is 0. The van der Waals surface area contributed by atoms with Crippen molar-refractivity contribution in [1.29, 1.82) is 0 Å². The van der Waals surface area contributed by atoms with Crippen LogP contribution in [0.1, 0.15) is 33.1 Å². The van der Waals surface area contributed by atoms with Gasteiger partial charge in [0.2, 0.25) is 0 Å². The zero-order chi connectivity index (χ0) is 18.5. The van der Waals surface area contributed by atoms with Crippen LogP contribution in [0.2, 0.25) is 0 Å². The standard InChI is InChI=1S/C19H34N4O2.HI/c1-6-12-23(13-7-2)14-8-11-21-19(20-3)22-16-9-10-17(24-4)18(15-16)25-5;/h9-10,15H,6-8,11-14H2,1-5H3,(H2,20,21,22);1H. The third-order valence-corrected chi connectivity index (χ3v) is 3.89. The highest BCUT2D eigenvalue weighted by atomic mass is 127. The third kappa shape index (κ3) is 8.93. The zero-order valence-corrected chi connectivity index (χ0v) is 19.1. The monoisotopic (exact) mass is 478 g/mol. The van der Waals surface area contributed by atoms with Gasteiger partial charge in [0.1, 0.15) is 0 Å². The molecule has 0 aromatic heterocycles. The van der Waals surface area contributed by atoms with Crippen LogP contribution < -0.4 is 20.1 Å². The topological polar surface area (TPSA) is 58.1 Å². The minimum absolute atomic E-state index is 0. The first kappa shape index (κ1) is 24.8. The van der Waals surface area contributed by atoms with Gasteiger partial charge in [-0.1, -0.05) is 13.8 Å². The van der Waals surface area contributed by atoms with E-state index in [-0.39, 0.29) is 24.0 Å². The van der Waals surface area contributed by atoms with Crippen LogP contribution in [0.5, 0.6) is 11.5 Å². The molecule has 0 radical (unpaired) electrons. The normalized spacial score (nSPS) is 11.1. The molecule has 0 unspecified atom stereocenters. The number of nitrogens with one attached hydrogen (secondary N) is 2. The van der Waals surface area contributed by atoms with E-state index in [9.17, 15) is 0 Å². The van der Waals surface area contributed by atoms with Gasteiger partial charge < -0.3 is 25.0 Å². The number of halogens is 1. The van der Waals surface area contributed by atoms with Crippen molar-refractivity contribution in [3.8, 4) is 11.5 Å². The van der Waals surface area contributed by atoms with Gasteiger partial charge in [0.25, 0.3) is 0 Å². The second-order valence-corrected chi connectivity index (χ2v) is 5.89. The molecule has 1 rings (SSSR count). The molecule has 0 amide bonds. The average Bonchev–Trinajstić information content (AvgIpc) is 2.64. The number of hydrogen-bond donors (Lipinski definition) is 2. The Bertz CT molecular complexity index is 520. The number of nitrogens with zero attached hydrogens (tertiary/aromatic N) is 2. The average molecular weight is 478 g/mol. The summed E-state index contributed by atoms with van der Waals surface area (Å²) in [6.07, 6.45) is 3.50. The van der Waals surface area contributed by atoms with E-state index < -0.39 is 0 Å². The summed E-state index contributed by atoms with van der Waals surface area (Å²) < 4.78 is 10.6. The van der Waals surface area contributed by atoms with Gasteiger partial charge in [0.05, 0.1) is 14.2 Å².